The minimum Gasteiger partial charge on any atom is -0.481 e. The molecule has 0 saturated heterocycles. The maximum Gasteiger partial charge on any atom is 0.303 e. The number of carboxylic acid groups (broad SMARTS) is 1. The number of unbranched alkanes of at least 4 members (excludes halogenated alkanes) is 2. The molecule has 0 radical (unpaired) electrons. The summed E-state index contributed by atoms with van der Waals surface area (Å²) in [4.78, 5) is 10.6. The van der Waals surface area contributed by atoms with Crippen LogP contribution >= 0.6 is 0 Å². The predicted octanol–water partition coefficient (Wildman–Crippen LogP) is 3.29. The first-order chi connectivity index (χ1) is 12.0. The molecule has 0 fully saturated rings. The molecule has 140 valence electrons. The quantitative estimate of drug-likeness (QED) is 0.434. The second kappa shape index (κ2) is 11.8. The minimum atomic E-state index is -0.950. The summed E-state index contributed by atoms with van der Waals surface area (Å²) in [6.07, 6.45) is 5.04. The molecule has 1 aromatic carbocycles. The standard InChI is InChI=1S/C20H30O5/c1-2-3-4-10-18(22)19(23)14-13-15-8-5-6-9-16(15)17(21)11-7-12-20(24)25/h5-6,8-9,13-14,17-19,21-23H,2-4,7,10-12H2,1H3,(H,24,25)/b14-13+/t17-,18+,19+/m0/s1. The number of benzene rings is 1. The van der Waals surface area contributed by atoms with Gasteiger partial charge >= 0.3 is 5.97 Å². The highest BCUT2D eigenvalue weighted by molar-refractivity contribution is 5.66. The Morgan fingerprint density at radius 2 is 1.80 bits per heavy atom. The van der Waals surface area contributed by atoms with E-state index in [1.807, 2.05) is 18.2 Å². The summed E-state index contributed by atoms with van der Waals surface area (Å²) < 4.78 is 0. The highest BCUT2D eigenvalue weighted by atomic mass is 16.4. The van der Waals surface area contributed by atoms with Crippen LogP contribution in [-0.4, -0.2) is 38.6 Å². The molecule has 0 spiro atoms. The van der Waals surface area contributed by atoms with Gasteiger partial charge in [0.25, 0.3) is 0 Å². The van der Waals surface area contributed by atoms with Gasteiger partial charge in [-0.25, -0.2) is 0 Å². The fourth-order valence-corrected chi connectivity index (χ4v) is 2.67. The lowest BCUT2D eigenvalue weighted by Gasteiger charge is -2.16. The molecule has 5 nitrogen and oxygen atoms in total. The lowest BCUT2D eigenvalue weighted by molar-refractivity contribution is -0.137. The van der Waals surface area contributed by atoms with E-state index < -0.39 is 24.3 Å². The Morgan fingerprint density at radius 3 is 2.48 bits per heavy atom. The zero-order valence-corrected chi connectivity index (χ0v) is 14.8. The van der Waals surface area contributed by atoms with Crippen molar-refractivity contribution in [2.24, 2.45) is 0 Å². The molecule has 25 heavy (non-hydrogen) atoms. The molecule has 5 heteroatoms. The SMILES string of the molecule is CCCCC[C@@H](O)[C@H](O)/C=C/c1ccccc1[C@@H](O)CCCC(=O)O. The molecule has 0 bridgehead atoms. The van der Waals surface area contributed by atoms with Crippen LogP contribution in [0.5, 0.6) is 0 Å². The van der Waals surface area contributed by atoms with E-state index in [4.69, 9.17) is 5.11 Å². The van der Waals surface area contributed by atoms with Crippen molar-refractivity contribution in [3.05, 3.63) is 41.5 Å². The Hall–Kier alpha value is -1.69. The summed E-state index contributed by atoms with van der Waals surface area (Å²) in [5.74, 6) is -0.874. The lowest BCUT2D eigenvalue weighted by atomic mass is 9.97. The molecule has 1 aromatic rings. The maximum atomic E-state index is 10.6. The lowest BCUT2D eigenvalue weighted by Crippen LogP contribution is -2.23. The third-order valence-corrected chi connectivity index (χ3v) is 4.19. The van der Waals surface area contributed by atoms with Gasteiger partial charge < -0.3 is 20.4 Å². The van der Waals surface area contributed by atoms with E-state index in [-0.39, 0.29) is 6.42 Å². The highest BCUT2D eigenvalue weighted by Crippen LogP contribution is 2.24. The van der Waals surface area contributed by atoms with Crippen molar-refractivity contribution in [2.75, 3.05) is 0 Å². The number of hydrogen-bond acceptors (Lipinski definition) is 4. The van der Waals surface area contributed by atoms with Crippen molar-refractivity contribution in [2.45, 2.75) is 70.2 Å². The number of hydrogen-bond donors (Lipinski definition) is 4. The van der Waals surface area contributed by atoms with Gasteiger partial charge in [0.15, 0.2) is 0 Å². The summed E-state index contributed by atoms with van der Waals surface area (Å²) in [6.45, 7) is 2.08. The van der Waals surface area contributed by atoms with Crippen molar-refractivity contribution in [3.63, 3.8) is 0 Å². The van der Waals surface area contributed by atoms with Crippen LogP contribution in [0.15, 0.2) is 30.3 Å². The van der Waals surface area contributed by atoms with E-state index in [0.717, 1.165) is 24.8 Å². The first kappa shape index (κ1) is 21.4. The molecule has 4 N–H and O–H groups in total. The van der Waals surface area contributed by atoms with E-state index in [1.165, 1.54) is 0 Å². The average Bonchev–Trinajstić information content (AvgIpc) is 2.59. The van der Waals surface area contributed by atoms with Gasteiger partial charge in [-0.15, -0.1) is 0 Å². The molecular weight excluding hydrogens is 320 g/mol. The molecule has 0 aliphatic heterocycles. The van der Waals surface area contributed by atoms with Crippen LogP contribution in [0, 0.1) is 0 Å². The molecule has 1 rings (SSSR count). The molecule has 0 aliphatic carbocycles. The van der Waals surface area contributed by atoms with E-state index >= 15 is 0 Å². The molecule has 0 aromatic heterocycles. The van der Waals surface area contributed by atoms with Crippen LogP contribution in [0.1, 0.15) is 69.1 Å². The van der Waals surface area contributed by atoms with Crippen LogP contribution < -0.4 is 0 Å². The van der Waals surface area contributed by atoms with Crippen molar-refractivity contribution in [1.29, 1.82) is 0 Å². The van der Waals surface area contributed by atoms with Crippen LogP contribution in [0.3, 0.4) is 0 Å². The van der Waals surface area contributed by atoms with E-state index in [1.54, 1.807) is 18.2 Å². The Labute approximate surface area is 149 Å². The van der Waals surface area contributed by atoms with E-state index in [0.29, 0.717) is 24.8 Å². The number of carboxylic acids is 1. The Morgan fingerprint density at radius 1 is 1.08 bits per heavy atom. The van der Waals surface area contributed by atoms with Gasteiger partial charge in [-0.05, 0) is 30.4 Å². The molecular formula is C20H30O5. The molecule has 0 saturated carbocycles. The Kier molecular flexibility index (Phi) is 10.1. The number of rotatable bonds is 12. The van der Waals surface area contributed by atoms with Gasteiger partial charge in [-0.1, -0.05) is 62.6 Å². The zero-order valence-electron chi connectivity index (χ0n) is 14.8. The Balaban J connectivity index is 2.67. The highest BCUT2D eigenvalue weighted by Gasteiger charge is 2.14. The summed E-state index contributed by atoms with van der Waals surface area (Å²) in [5.41, 5.74) is 1.45. The number of carbonyl (C=O) groups is 1. The molecule has 0 amide bonds. The van der Waals surface area contributed by atoms with Crippen LogP contribution in [0.2, 0.25) is 0 Å². The van der Waals surface area contributed by atoms with Crippen LogP contribution in [0.4, 0.5) is 0 Å². The van der Waals surface area contributed by atoms with Crippen molar-refractivity contribution >= 4 is 12.0 Å². The van der Waals surface area contributed by atoms with Crippen molar-refractivity contribution in [3.8, 4) is 0 Å². The van der Waals surface area contributed by atoms with Crippen LogP contribution in [0.25, 0.3) is 6.08 Å². The minimum absolute atomic E-state index is 0.0255. The topological polar surface area (TPSA) is 98.0 Å². The number of aliphatic hydroxyl groups excluding tert-OH is 3. The largest absolute Gasteiger partial charge is 0.481 e. The summed E-state index contributed by atoms with van der Waals surface area (Å²) in [6, 6.07) is 7.25. The second-order valence-corrected chi connectivity index (χ2v) is 6.34. The molecule has 0 aliphatic rings. The number of aliphatic hydroxyl groups is 3. The van der Waals surface area contributed by atoms with Gasteiger partial charge in [-0.3, -0.25) is 4.79 Å². The summed E-state index contributed by atoms with van der Waals surface area (Å²) >= 11 is 0. The van der Waals surface area contributed by atoms with Gasteiger partial charge in [0.2, 0.25) is 0 Å². The monoisotopic (exact) mass is 350 g/mol. The molecule has 0 heterocycles. The zero-order chi connectivity index (χ0) is 18.7. The van der Waals surface area contributed by atoms with Gasteiger partial charge in [0, 0.05) is 6.42 Å². The predicted molar refractivity (Wildman–Crippen MR) is 98.1 cm³/mol. The van der Waals surface area contributed by atoms with Crippen molar-refractivity contribution < 1.29 is 25.2 Å². The van der Waals surface area contributed by atoms with Gasteiger partial charge in [0.05, 0.1) is 18.3 Å². The average molecular weight is 350 g/mol. The normalized spacial score (nSPS) is 15.2. The Bertz CT molecular complexity index is 541. The summed E-state index contributed by atoms with van der Waals surface area (Å²) in [7, 11) is 0. The molecule has 3 atom stereocenters. The van der Waals surface area contributed by atoms with E-state index in [2.05, 4.69) is 6.92 Å². The molecule has 0 unspecified atom stereocenters. The fourth-order valence-electron chi connectivity index (χ4n) is 2.67. The van der Waals surface area contributed by atoms with Gasteiger partial charge in [0.1, 0.15) is 0 Å². The third kappa shape index (κ3) is 8.29. The maximum absolute atomic E-state index is 10.6. The fraction of sp³-hybridized carbons (Fsp3) is 0.550. The summed E-state index contributed by atoms with van der Waals surface area (Å²) in [5, 5.41) is 39.0. The van der Waals surface area contributed by atoms with Crippen molar-refractivity contribution in [1.82, 2.24) is 0 Å². The second-order valence-electron chi connectivity index (χ2n) is 6.34. The smallest absolute Gasteiger partial charge is 0.303 e. The first-order valence-corrected chi connectivity index (χ1v) is 8.98. The third-order valence-electron chi connectivity index (χ3n) is 4.19. The first-order valence-electron chi connectivity index (χ1n) is 8.98. The van der Waals surface area contributed by atoms with E-state index in [9.17, 15) is 20.1 Å². The van der Waals surface area contributed by atoms with Crippen LogP contribution in [-0.2, 0) is 4.79 Å². The van der Waals surface area contributed by atoms with Gasteiger partial charge in [-0.2, -0.15) is 0 Å². The number of aliphatic carboxylic acids is 1.